The fraction of sp³-hybridized carbons (Fsp3) is 0.950. The lowest BCUT2D eigenvalue weighted by atomic mass is 9.72. The van der Waals surface area contributed by atoms with Gasteiger partial charge in [0.15, 0.2) is 5.96 Å². The highest BCUT2D eigenvalue weighted by Gasteiger charge is 2.31. The predicted molar refractivity (Wildman–Crippen MR) is 106 cm³/mol. The van der Waals surface area contributed by atoms with Crippen LogP contribution in [-0.4, -0.2) is 50.0 Å². The standard InChI is InChI=1S/C20H41N3O2/c1-5-21-19(22-14-10-18(17(3)4)25-6-2)23-16-20(13-15-24)11-8-7-9-12-20/h17-18,24H,5-16H2,1-4H3,(H2,21,22,23). The zero-order valence-corrected chi connectivity index (χ0v) is 16.9. The first-order chi connectivity index (χ1) is 12.1. The average molecular weight is 356 g/mol. The summed E-state index contributed by atoms with van der Waals surface area (Å²) in [6, 6.07) is 0. The summed E-state index contributed by atoms with van der Waals surface area (Å²) in [5.41, 5.74) is 0.196. The van der Waals surface area contributed by atoms with Crippen molar-refractivity contribution < 1.29 is 9.84 Å². The molecule has 1 rings (SSSR count). The minimum absolute atomic E-state index is 0.196. The molecule has 1 unspecified atom stereocenters. The van der Waals surface area contributed by atoms with Crippen LogP contribution in [0.2, 0.25) is 0 Å². The topological polar surface area (TPSA) is 65.9 Å². The van der Waals surface area contributed by atoms with E-state index in [4.69, 9.17) is 9.73 Å². The van der Waals surface area contributed by atoms with Gasteiger partial charge in [-0.1, -0.05) is 33.1 Å². The van der Waals surface area contributed by atoms with E-state index in [9.17, 15) is 5.11 Å². The summed E-state index contributed by atoms with van der Waals surface area (Å²) < 4.78 is 5.82. The second-order valence-electron chi connectivity index (χ2n) is 7.68. The Morgan fingerprint density at radius 1 is 1.16 bits per heavy atom. The molecule has 3 N–H and O–H groups in total. The van der Waals surface area contributed by atoms with Gasteiger partial charge < -0.3 is 20.5 Å². The van der Waals surface area contributed by atoms with Crippen LogP contribution in [0.15, 0.2) is 4.99 Å². The first-order valence-corrected chi connectivity index (χ1v) is 10.3. The molecule has 0 saturated heterocycles. The third-order valence-corrected chi connectivity index (χ3v) is 5.32. The molecular weight excluding hydrogens is 314 g/mol. The maximum Gasteiger partial charge on any atom is 0.191 e. The number of aliphatic imine (C=N–C) groups is 1. The van der Waals surface area contributed by atoms with E-state index in [1.54, 1.807) is 0 Å². The van der Waals surface area contributed by atoms with E-state index in [2.05, 4.69) is 38.3 Å². The molecule has 0 radical (unpaired) electrons. The number of aliphatic hydroxyl groups excluding tert-OH is 1. The highest BCUT2D eigenvalue weighted by atomic mass is 16.5. The van der Waals surface area contributed by atoms with Crippen molar-refractivity contribution in [1.82, 2.24) is 10.6 Å². The molecule has 1 atom stereocenters. The molecule has 5 heteroatoms. The molecule has 25 heavy (non-hydrogen) atoms. The van der Waals surface area contributed by atoms with E-state index in [0.29, 0.717) is 12.0 Å². The summed E-state index contributed by atoms with van der Waals surface area (Å²) in [5.74, 6) is 1.42. The fourth-order valence-corrected chi connectivity index (χ4v) is 3.77. The number of ether oxygens (including phenoxy) is 1. The van der Waals surface area contributed by atoms with E-state index >= 15 is 0 Å². The summed E-state index contributed by atoms with van der Waals surface area (Å²) in [7, 11) is 0. The minimum Gasteiger partial charge on any atom is -0.396 e. The molecular formula is C20H41N3O2. The molecule has 1 aliphatic rings. The van der Waals surface area contributed by atoms with Crippen LogP contribution in [0.4, 0.5) is 0 Å². The third-order valence-electron chi connectivity index (χ3n) is 5.32. The minimum atomic E-state index is 0.196. The van der Waals surface area contributed by atoms with E-state index in [-0.39, 0.29) is 12.0 Å². The average Bonchev–Trinajstić information content (AvgIpc) is 2.60. The van der Waals surface area contributed by atoms with Gasteiger partial charge in [-0.25, -0.2) is 0 Å². The van der Waals surface area contributed by atoms with Gasteiger partial charge in [-0.2, -0.15) is 0 Å². The fourth-order valence-electron chi connectivity index (χ4n) is 3.77. The van der Waals surface area contributed by atoms with Gasteiger partial charge in [0.05, 0.1) is 6.10 Å². The Hall–Kier alpha value is -0.810. The Morgan fingerprint density at radius 3 is 2.44 bits per heavy atom. The van der Waals surface area contributed by atoms with Gasteiger partial charge in [-0.15, -0.1) is 0 Å². The number of hydrogen-bond acceptors (Lipinski definition) is 3. The largest absolute Gasteiger partial charge is 0.396 e. The third kappa shape index (κ3) is 8.41. The van der Waals surface area contributed by atoms with Crippen LogP contribution >= 0.6 is 0 Å². The Morgan fingerprint density at radius 2 is 1.88 bits per heavy atom. The highest BCUT2D eigenvalue weighted by Crippen LogP contribution is 2.39. The molecule has 5 nitrogen and oxygen atoms in total. The lowest BCUT2D eigenvalue weighted by molar-refractivity contribution is 0.0258. The lowest BCUT2D eigenvalue weighted by Crippen LogP contribution is -2.40. The number of hydrogen-bond donors (Lipinski definition) is 3. The second kappa shape index (κ2) is 12.5. The molecule has 0 aromatic heterocycles. The van der Waals surface area contributed by atoms with Crippen molar-refractivity contribution in [3.05, 3.63) is 0 Å². The predicted octanol–water partition coefficient (Wildman–Crippen LogP) is 3.33. The van der Waals surface area contributed by atoms with Gasteiger partial charge in [0.25, 0.3) is 0 Å². The van der Waals surface area contributed by atoms with Crippen molar-refractivity contribution in [1.29, 1.82) is 0 Å². The molecule has 0 heterocycles. The van der Waals surface area contributed by atoms with Crippen molar-refractivity contribution in [2.24, 2.45) is 16.3 Å². The molecule has 0 spiro atoms. The van der Waals surface area contributed by atoms with Gasteiger partial charge in [0.1, 0.15) is 0 Å². The van der Waals surface area contributed by atoms with Crippen LogP contribution in [0.5, 0.6) is 0 Å². The first kappa shape index (κ1) is 22.2. The Bertz CT molecular complexity index is 360. The summed E-state index contributed by atoms with van der Waals surface area (Å²) in [6.07, 6.45) is 8.39. The lowest BCUT2D eigenvalue weighted by Gasteiger charge is -2.35. The van der Waals surface area contributed by atoms with Gasteiger partial charge in [-0.3, -0.25) is 4.99 Å². The van der Waals surface area contributed by atoms with E-state index in [1.807, 2.05) is 0 Å². The van der Waals surface area contributed by atoms with Gasteiger partial charge in [-0.05, 0) is 50.9 Å². The van der Waals surface area contributed by atoms with Crippen molar-refractivity contribution in [2.75, 3.05) is 32.8 Å². The SMILES string of the molecule is CCNC(=NCC1(CCO)CCCCC1)NCCC(OCC)C(C)C. The molecule has 0 aromatic rings. The molecule has 1 saturated carbocycles. The van der Waals surface area contributed by atoms with E-state index in [1.165, 1.54) is 32.1 Å². The van der Waals surface area contributed by atoms with Crippen LogP contribution < -0.4 is 10.6 Å². The Labute approximate surface area is 155 Å². The van der Waals surface area contributed by atoms with Crippen molar-refractivity contribution in [3.8, 4) is 0 Å². The number of rotatable bonds is 11. The molecule has 0 bridgehead atoms. The van der Waals surface area contributed by atoms with Gasteiger partial charge in [0, 0.05) is 32.8 Å². The number of nitrogens with zero attached hydrogens (tertiary/aromatic N) is 1. The van der Waals surface area contributed by atoms with E-state index < -0.39 is 0 Å². The monoisotopic (exact) mass is 355 g/mol. The number of nitrogens with one attached hydrogen (secondary N) is 2. The smallest absolute Gasteiger partial charge is 0.191 e. The maximum atomic E-state index is 9.46. The van der Waals surface area contributed by atoms with Crippen LogP contribution in [0.3, 0.4) is 0 Å². The van der Waals surface area contributed by atoms with Crippen LogP contribution in [0.25, 0.3) is 0 Å². The van der Waals surface area contributed by atoms with Crippen LogP contribution in [-0.2, 0) is 4.74 Å². The van der Waals surface area contributed by atoms with Crippen molar-refractivity contribution >= 4 is 5.96 Å². The first-order valence-electron chi connectivity index (χ1n) is 10.3. The molecule has 0 aromatic carbocycles. The summed E-state index contributed by atoms with van der Waals surface area (Å²) >= 11 is 0. The van der Waals surface area contributed by atoms with Crippen molar-refractivity contribution in [3.63, 3.8) is 0 Å². The number of guanidine groups is 1. The molecule has 1 fully saturated rings. The molecule has 1 aliphatic carbocycles. The van der Waals surface area contributed by atoms with Gasteiger partial charge in [0.2, 0.25) is 0 Å². The molecule has 148 valence electrons. The van der Waals surface area contributed by atoms with Gasteiger partial charge >= 0.3 is 0 Å². The number of aliphatic hydroxyl groups is 1. The molecule has 0 aliphatic heterocycles. The normalized spacial score (nSPS) is 19.0. The summed E-state index contributed by atoms with van der Waals surface area (Å²) in [6.45, 7) is 12.1. The summed E-state index contributed by atoms with van der Waals surface area (Å²) in [5, 5.41) is 16.3. The van der Waals surface area contributed by atoms with Crippen LogP contribution in [0.1, 0.15) is 72.6 Å². The zero-order chi connectivity index (χ0) is 18.5. The molecule has 0 amide bonds. The zero-order valence-electron chi connectivity index (χ0n) is 16.9. The summed E-state index contributed by atoms with van der Waals surface area (Å²) in [4.78, 5) is 4.86. The Balaban J connectivity index is 2.57. The van der Waals surface area contributed by atoms with Crippen LogP contribution in [0, 0.1) is 11.3 Å². The Kier molecular flexibility index (Phi) is 11.1. The second-order valence-corrected chi connectivity index (χ2v) is 7.68. The van der Waals surface area contributed by atoms with E-state index in [0.717, 1.165) is 45.0 Å². The quantitative estimate of drug-likeness (QED) is 0.393. The van der Waals surface area contributed by atoms with Crippen molar-refractivity contribution in [2.45, 2.75) is 78.7 Å². The maximum absolute atomic E-state index is 9.46. The highest BCUT2D eigenvalue weighted by molar-refractivity contribution is 5.79.